The number of rotatable bonds is 9. The standard InChI is InChI=1S/C25H34N4O4/c1-19-6-4-7-20(2)24(19)27-23(30)18-28(3)25(31)26-17-21-8-5-9-22(16-21)33-15-12-29-10-13-32-14-11-29/h4-9,16H,10-15,17-18H2,1-3H3,(H,26,31)(H,27,30). The topological polar surface area (TPSA) is 83.1 Å². The zero-order chi connectivity index (χ0) is 23.6. The first-order valence-electron chi connectivity index (χ1n) is 11.3. The summed E-state index contributed by atoms with van der Waals surface area (Å²) in [7, 11) is 1.60. The third kappa shape index (κ3) is 7.76. The first kappa shape index (κ1) is 24.5. The molecule has 33 heavy (non-hydrogen) atoms. The van der Waals surface area contributed by atoms with E-state index in [2.05, 4.69) is 15.5 Å². The Bertz CT molecular complexity index is 924. The van der Waals surface area contributed by atoms with E-state index >= 15 is 0 Å². The van der Waals surface area contributed by atoms with Crippen molar-refractivity contribution < 1.29 is 19.1 Å². The van der Waals surface area contributed by atoms with E-state index < -0.39 is 0 Å². The van der Waals surface area contributed by atoms with Gasteiger partial charge in [0.05, 0.1) is 13.2 Å². The third-order valence-electron chi connectivity index (χ3n) is 5.60. The third-order valence-corrected chi connectivity index (χ3v) is 5.60. The molecule has 0 unspecified atom stereocenters. The predicted molar refractivity (Wildman–Crippen MR) is 129 cm³/mol. The van der Waals surface area contributed by atoms with E-state index in [0.717, 1.165) is 61.0 Å². The van der Waals surface area contributed by atoms with Crippen LogP contribution in [-0.4, -0.2) is 74.8 Å². The summed E-state index contributed by atoms with van der Waals surface area (Å²) in [6.45, 7) is 9.09. The number of nitrogens with zero attached hydrogens (tertiary/aromatic N) is 2. The molecule has 0 bridgehead atoms. The van der Waals surface area contributed by atoms with Gasteiger partial charge in [0, 0.05) is 38.9 Å². The Morgan fingerprint density at radius 2 is 1.79 bits per heavy atom. The fourth-order valence-electron chi connectivity index (χ4n) is 3.65. The molecule has 1 aliphatic heterocycles. The van der Waals surface area contributed by atoms with Gasteiger partial charge in [0.1, 0.15) is 18.9 Å². The highest BCUT2D eigenvalue weighted by atomic mass is 16.5. The summed E-state index contributed by atoms with van der Waals surface area (Å²) in [5, 5.41) is 5.76. The Morgan fingerprint density at radius 3 is 2.52 bits per heavy atom. The fourth-order valence-corrected chi connectivity index (χ4v) is 3.65. The van der Waals surface area contributed by atoms with Crippen LogP contribution in [0, 0.1) is 13.8 Å². The quantitative estimate of drug-likeness (QED) is 0.609. The van der Waals surface area contributed by atoms with Crippen molar-refractivity contribution in [3.63, 3.8) is 0 Å². The smallest absolute Gasteiger partial charge is 0.317 e. The van der Waals surface area contributed by atoms with Crippen LogP contribution in [-0.2, 0) is 16.1 Å². The Labute approximate surface area is 195 Å². The molecule has 8 nitrogen and oxygen atoms in total. The fraction of sp³-hybridized carbons (Fsp3) is 0.440. The maximum Gasteiger partial charge on any atom is 0.317 e. The Balaban J connectivity index is 1.42. The van der Waals surface area contributed by atoms with Gasteiger partial charge in [0.15, 0.2) is 0 Å². The maximum atomic E-state index is 12.5. The highest BCUT2D eigenvalue weighted by Gasteiger charge is 2.14. The summed E-state index contributed by atoms with van der Waals surface area (Å²) in [5.41, 5.74) is 3.70. The minimum atomic E-state index is -0.315. The highest BCUT2D eigenvalue weighted by molar-refractivity contribution is 5.95. The number of nitrogens with one attached hydrogen (secondary N) is 2. The van der Waals surface area contributed by atoms with Gasteiger partial charge in [-0.15, -0.1) is 0 Å². The van der Waals surface area contributed by atoms with Crippen LogP contribution in [0.2, 0.25) is 0 Å². The number of benzene rings is 2. The van der Waals surface area contributed by atoms with Crippen molar-refractivity contribution >= 4 is 17.6 Å². The second kappa shape index (κ2) is 12.2. The van der Waals surface area contributed by atoms with Gasteiger partial charge in [-0.25, -0.2) is 4.79 Å². The van der Waals surface area contributed by atoms with Crippen LogP contribution >= 0.6 is 0 Å². The number of amides is 3. The van der Waals surface area contributed by atoms with Crippen molar-refractivity contribution in [2.75, 3.05) is 58.4 Å². The van der Waals surface area contributed by atoms with Crippen LogP contribution in [0.25, 0.3) is 0 Å². The van der Waals surface area contributed by atoms with E-state index in [1.807, 2.05) is 56.3 Å². The Kier molecular flexibility index (Phi) is 9.09. The van der Waals surface area contributed by atoms with Gasteiger partial charge in [-0.2, -0.15) is 0 Å². The lowest BCUT2D eigenvalue weighted by atomic mass is 10.1. The number of aryl methyl sites for hydroxylation is 2. The number of para-hydroxylation sites is 1. The SMILES string of the molecule is Cc1cccc(C)c1NC(=O)CN(C)C(=O)NCc1cccc(OCCN2CCOCC2)c1. The minimum Gasteiger partial charge on any atom is -0.492 e. The van der Waals surface area contributed by atoms with E-state index in [0.29, 0.717) is 13.2 Å². The van der Waals surface area contributed by atoms with Crippen LogP contribution in [0.5, 0.6) is 5.75 Å². The molecule has 0 radical (unpaired) electrons. The van der Waals surface area contributed by atoms with E-state index in [1.165, 1.54) is 4.90 Å². The molecule has 1 heterocycles. The number of anilines is 1. The van der Waals surface area contributed by atoms with Crippen molar-refractivity contribution in [1.82, 2.24) is 15.1 Å². The number of morpholine rings is 1. The van der Waals surface area contributed by atoms with Crippen molar-refractivity contribution in [1.29, 1.82) is 0 Å². The van der Waals surface area contributed by atoms with Crippen LogP contribution in [0.1, 0.15) is 16.7 Å². The summed E-state index contributed by atoms with van der Waals surface area (Å²) in [6.07, 6.45) is 0. The lowest BCUT2D eigenvalue weighted by molar-refractivity contribution is -0.116. The molecule has 3 amide bonds. The second-order valence-electron chi connectivity index (χ2n) is 8.28. The summed E-state index contributed by atoms with van der Waals surface area (Å²) < 4.78 is 11.2. The van der Waals surface area contributed by atoms with Crippen molar-refractivity contribution in [2.45, 2.75) is 20.4 Å². The number of likely N-dealkylation sites (N-methyl/N-ethyl adjacent to an activating group) is 1. The average molecular weight is 455 g/mol. The van der Waals surface area contributed by atoms with E-state index in [1.54, 1.807) is 7.05 Å². The molecular formula is C25H34N4O4. The molecule has 2 aromatic rings. The molecule has 3 rings (SSSR count). The summed E-state index contributed by atoms with van der Waals surface area (Å²) in [6, 6.07) is 13.2. The molecular weight excluding hydrogens is 420 g/mol. The van der Waals surface area contributed by atoms with Crippen molar-refractivity contribution in [3.05, 3.63) is 59.2 Å². The lowest BCUT2D eigenvalue weighted by Crippen LogP contribution is -2.41. The molecule has 1 saturated heterocycles. The summed E-state index contributed by atoms with van der Waals surface area (Å²) >= 11 is 0. The van der Waals surface area contributed by atoms with E-state index in [-0.39, 0.29) is 18.5 Å². The highest BCUT2D eigenvalue weighted by Crippen LogP contribution is 2.19. The molecule has 178 valence electrons. The number of carbonyl (C=O) groups is 2. The minimum absolute atomic E-state index is 0.0374. The van der Waals surface area contributed by atoms with E-state index in [4.69, 9.17) is 9.47 Å². The molecule has 2 N–H and O–H groups in total. The molecule has 0 saturated carbocycles. The summed E-state index contributed by atoms with van der Waals surface area (Å²) in [4.78, 5) is 28.5. The molecule has 1 aliphatic rings. The number of hydrogen-bond acceptors (Lipinski definition) is 5. The molecule has 0 spiro atoms. The molecule has 2 aromatic carbocycles. The number of carbonyl (C=O) groups excluding carboxylic acids is 2. The maximum absolute atomic E-state index is 12.5. The molecule has 0 aromatic heterocycles. The predicted octanol–water partition coefficient (Wildman–Crippen LogP) is 2.79. The zero-order valence-electron chi connectivity index (χ0n) is 19.7. The van der Waals surface area contributed by atoms with Gasteiger partial charge in [0.2, 0.25) is 5.91 Å². The van der Waals surface area contributed by atoms with Crippen LogP contribution in [0.4, 0.5) is 10.5 Å². The zero-order valence-corrected chi connectivity index (χ0v) is 19.7. The molecule has 1 fully saturated rings. The molecule has 8 heteroatoms. The Morgan fingerprint density at radius 1 is 1.09 bits per heavy atom. The molecule has 0 atom stereocenters. The van der Waals surface area contributed by atoms with Crippen molar-refractivity contribution in [2.24, 2.45) is 0 Å². The monoisotopic (exact) mass is 454 g/mol. The first-order chi connectivity index (χ1) is 15.9. The average Bonchev–Trinajstić information content (AvgIpc) is 2.81. The van der Waals surface area contributed by atoms with Gasteiger partial charge < -0.3 is 25.0 Å². The Hall–Kier alpha value is -3.10. The number of ether oxygens (including phenoxy) is 2. The first-order valence-corrected chi connectivity index (χ1v) is 11.3. The molecule has 0 aliphatic carbocycles. The van der Waals surface area contributed by atoms with E-state index in [9.17, 15) is 9.59 Å². The van der Waals surface area contributed by atoms with Gasteiger partial charge in [-0.05, 0) is 42.7 Å². The lowest BCUT2D eigenvalue weighted by Gasteiger charge is -2.26. The normalized spacial score (nSPS) is 13.9. The van der Waals surface area contributed by atoms with Crippen LogP contribution in [0.15, 0.2) is 42.5 Å². The van der Waals surface area contributed by atoms with Crippen LogP contribution < -0.4 is 15.4 Å². The summed E-state index contributed by atoms with van der Waals surface area (Å²) in [5.74, 6) is 0.539. The van der Waals surface area contributed by atoms with Crippen molar-refractivity contribution in [3.8, 4) is 5.75 Å². The van der Waals surface area contributed by atoms with Gasteiger partial charge >= 0.3 is 6.03 Å². The van der Waals surface area contributed by atoms with Crippen LogP contribution in [0.3, 0.4) is 0 Å². The number of urea groups is 1. The van der Waals surface area contributed by atoms with Gasteiger partial charge in [-0.1, -0.05) is 30.3 Å². The number of hydrogen-bond donors (Lipinski definition) is 2. The van der Waals surface area contributed by atoms with Gasteiger partial charge in [0.25, 0.3) is 0 Å². The largest absolute Gasteiger partial charge is 0.492 e. The van der Waals surface area contributed by atoms with Gasteiger partial charge in [-0.3, -0.25) is 9.69 Å². The second-order valence-corrected chi connectivity index (χ2v) is 8.28.